The smallest absolute Gasteiger partial charge is 0.271 e. The molecule has 0 aliphatic carbocycles. The monoisotopic (exact) mass is 414 g/mol. The van der Waals surface area contributed by atoms with Crippen molar-refractivity contribution in [3.05, 3.63) is 111 Å². The SMILES string of the molecule is Cn1c(=S)[nH]c2cc(C(=O)NN=C(c3ccccc3)c3ccccc3)ccc2c1=O. The number of nitrogens with zero attached hydrogens (tertiary/aromatic N) is 2. The van der Waals surface area contributed by atoms with Gasteiger partial charge in [-0.3, -0.25) is 14.2 Å². The van der Waals surface area contributed by atoms with Gasteiger partial charge in [0, 0.05) is 23.7 Å². The third kappa shape index (κ3) is 3.83. The highest BCUT2D eigenvalue weighted by molar-refractivity contribution is 7.71. The number of carbonyl (C=O) groups is 1. The lowest BCUT2D eigenvalue weighted by Crippen LogP contribution is -2.22. The lowest BCUT2D eigenvalue weighted by molar-refractivity contribution is 0.0955. The summed E-state index contributed by atoms with van der Waals surface area (Å²) in [6, 6.07) is 24.1. The van der Waals surface area contributed by atoms with Crippen molar-refractivity contribution >= 4 is 34.7 Å². The second-order valence-corrected chi connectivity index (χ2v) is 7.07. The molecule has 0 atom stereocenters. The van der Waals surface area contributed by atoms with Crippen LogP contribution in [0.4, 0.5) is 0 Å². The van der Waals surface area contributed by atoms with Gasteiger partial charge in [-0.1, -0.05) is 60.7 Å². The number of fused-ring (bicyclic) bond motifs is 1. The van der Waals surface area contributed by atoms with Crippen molar-refractivity contribution in [3.63, 3.8) is 0 Å². The molecular weight excluding hydrogens is 396 g/mol. The van der Waals surface area contributed by atoms with E-state index in [9.17, 15) is 9.59 Å². The quantitative estimate of drug-likeness (QED) is 0.303. The van der Waals surface area contributed by atoms with Gasteiger partial charge in [-0.2, -0.15) is 5.10 Å². The van der Waals surface area contributed by atoms with Gasteiger partial charge in [-0.15, -0.1) is 0 Å². The Morgan fingerprint density at radius 2 is 1.53 bits per heavy atom. The highest BCUT2D eigenvalue weighted by Gasteiger charge is 2.11. The summed E-state index contributed by atoms with van der Waals surface area (Å²) >= 11 is 5.16. The van der Waals surface area contributed by atoms with E-state index in [2.05, 4.69) is 15.5 Å². The molecule has 7 heteroatoms. The van der Waals surface area contributed by atoms with Gasteiger partial charge < -0.3 is 4.98 Å². The average molecular weight is 414 g/mol. The van der Waals surface area contributed by atoms with Crippen molar-refractivity contribution in [2.75, 3.05) is 0 Å². The molecule has 1 aromatic heterocycles. The molecule has 1 heterocycles. The maximum atomic E-state index is 12.8. The first-order chi connectivity index (χ1) is 14.5. The zero-order valence-corrected chi connectivity index (χ0v) is 16.9. The predicted molar refractivity (Wildman–Crippen MR) is 120 cm³/mol. The van der Waals surface area contributed by atoms with Crippen LogP contribution in [0.5, 0.6) is 0 Å². The van der Waals surface area contributed by atoms with Crippen molar-refractivity contribution < 1.29 is 4.79 Å². The van der Waals surface area contributed by atoms with Gasteiger partial charge in [-0.05, 0) is 30.4 Å². The van der Waals surface area contributed by atoms with E-state index in [0.717, 1.165) is 11.1 Å². The van der Waals surface area contributed by atoms with Crippen LogP contribution in [0.25, 0.3) is 10.9 Å². The standard InChI is InChI=1S/C23H18N4O2S/c1-27-22(29)18-13-12-17(14-19(18)24-23(27)30)21(28)26-25-20(15-8-4-2-5-9-15)16-10-6-3-7-11-16/h2-14H,1H3,(H,24,30)(H,26,28). The Morgan fingerprint density at radius 3 is 2.13 bits per heavy atom. The minimum Gasteiger partial charge on any atom is -0.332 e. The Morgan fingerprint density at radius 1 is 0.933 bits per heavy atom. The van der Waals surface area contributed by atoms with Crippen molar-refractivity contribution in [1.29, 1.82) is 0 Å². The summed E-state index contributed by atoms with van der Waals surface area (Å²) in [5, 5.41) is 4.85. The number of carbonyl (C=O) groups excluding carboxylic acids is 1. The summed E-state index contributed by atoms with van der Waals surface area (Å²) in [4.78, 5) is 28.0. The first-order valence-corrected chi connectivity index (χ1v) is 9.67. The Balaban J connectivity index is 1.69. The van der Waals surface area contributed by atoms with Crippen LogP contribution in [0.15, 0.2) is 88.8 Å². The van der Waals surface area contributed by atoms with Gasteiger partial charge >= 0.3 is 0 Å². The largest absolute Gasteiger partial charge is 0.332 e. The summed E-state index contributed by atoms with van der Waals surface area (Å²) in [6.45, 7) is 0. The molecule has 1 amide bonds. The van der Waals surface area contributed by atoms with Gasteiger partial charge in [0.05, 0.1) is 16.6 Å². The van der Waals surface area contributed by atoms with Crippen LogP contribution in [0.2, 0.25) is 0 Å². The van der Waals surface area contributed by atoms with E-state index < -0.39 is 0 Å². The van der Waals surface area contributed by atoms with E-state index in [1.54, 1.807) is 25.2 Å². The second kappa shape index (κ2) is 8.26. The Hall–Kier alpha value is -3.84. The number of aromatic amines is 1. The molecule has 0 aliphatic rings. The number of rotatable bonds is 4. The molecule has 2 N–H and O–H groups in total. The summed E-state index contributed by atoms with van der Waals surface area (Å²) in [7, 11) is 1.60. The number of nitrogens with one attached hydrogen (secondary N) is 2. The van der Waals surface area contributed by atoms with Crippen LogP contribution in [0.3, 0.4) is 0 Å². The first kappa shape index (κ1) is 19.5. The number of hydrazone groups is 1. The molecular formula is C23H18N4O2S. The fraction of sp³-hybridized carbons (Fsp3) is 0.0435. The molecule has 0 aliphatic heterocycles. The third-order valence-corrected chi connectivity index (χ3v) is 5.10. The Bertz CT molecular complexity index is 1330. The molecule has 6 nitrogen and oxygen atoms in total. The maximum Gasteiger partial charge on any atom is 0.271 e. The lowest BCUT2D eigenvalue weighted by Gasteiger charge is -2.09. The number of aromatic nitrogens is 2. The lowest BCUT2D eigenvalue weighted by atomic mass is 10.0. The van der Waals surface area contributed by atoms with Crippen LogP contribution in [0, 0.1) is 4.77 Å². The fourth-order valence-electron chi connectivity index (χ4n) is 3.11. The van der Waals surface area contributed by atoms with Crippen LogP contribution >= 0.6 is 12.2 Å². The zero-order valence-electron chi connectivity index (χ0n) is 16.1. The second-order valence-electron chi connectivity index (χ2n) is 6.69. The minimum absolute atomic E-state index is 0.214. The number of hydrogen-bond donors (Lipinski definition) is 2. The van der Waals surface area contributed by atoms with E-state index in [1.807, 2.05) is 60.7 Å². The highest BCUT2D eigenvalue weighted by Crippen LogP contribution is 2.12. The molecule has 0 fully saturated rings. The van der Waals surface area contributed by atoms with Crippen molar-refractivity contribution in [2.24, 2.45) is 12.1 Å². The number of benzene rings is 3. The van der Waals surface area contributed by atoms with Crippen LogP contribution in [-0.2, 0) is 7.05 Å². The molecule has 30 heavy (non-hydrogen) atoms. The van der Waals surface area contributed by atoms with Gasteiger partial charge in [-0.25, -0.2) is 5.43 Å². The first-order valence-electron chi connectivity index (χ1n) is 9.26. The van der Waals surface area contributed by atoms with Crippen LogP contribution < -0.4 is 11.0 Å². The van der Waals surface area contributed by atoms with Crippen molar-refractivity contribution in [3.8, 4) is 0 Å². The summed E-state index contributed by atoms with van der Waals surface area (Å²) in [5.41, 5.74) is 5.71. The van der Waals surface area contributed by atoms with E-state index in [1.165, 1.54) is 4.57 Å². The Kier molecular flexibility index (Phi) is 5.36. The number of hydrogen-bond acceptors (Lipinski definition) is 4. The third-order valence-electron chi connectivity index (χ3n) is 4.73. The van der Waals surface area contributed by atoms with Crippen LogP contribution in [0.1, 0.15) is 21.5 Å². The van der Waals surface area contributed by atoms with E-state index in [-0.39, 0.29) is 11.5 Å². The van der Waals surface area contributed by atoms with E-state index in [4.69, 9.17) is 12.2 Å². The summed E-state index contributed by atoms with van der Waals surface area (Å²) in [6.07, 6.45) is 0. The minimum atomic E-state index is -0.388. The molecule has 4 aromatic rings. The number of H-pyrrole nitrogens is 1. The van der Waals surface area contributed by atoms with E-state index >= 15 is 0 Å². The highest BCUT2D eigenvalue weighted by atomic mass is 32.1. The van der Waals surface area contributed by atoms with Gasteiger partial charge in [0.15, 0.2) is 4.77 Å². The molecule has 148 valence electrons. The number of amides is 1. The van der Waals surface area contributed by atoms with Crippen LogP contribution in [-0.4, -0.2) is 21.2 Å². The fourth-order valence-corrected chi connectivity index (χ4v) is 3.30. The van der Waals surface area contributed by atoms with Crippen molar-refractivity contribution in [2.45, 2.75) is 0 Å². The molecule has 4 rings (SSSR count). The molecule has 0 radical (unpaired) electrons. The summed E-state index contributed by atoms with van der Waals surface area (Å²) in [5.74, 6) is -0.388. The molecule has 0 spiro atoms. The van der Waals surface area contributed by atoms with Crippen molar-refractivity contribution in [1.82, 2.24) is 15.0 Å². The van der Waals surface area contributed by atoms with Gasteiger partial charge in [0.25, 0.3) is 11.5 Å². The Labute approximate surface area is 177 Å². The summed E-state index contributed by atoms with van der Waals surface area (Å²) < 4.78 is 1.65. The normalized spacial score (nSPS) is 10.6. The van der Waals surface area contributed by atoms with E-state index in [0.29, 0.717) is 26.9 Å². The molecule has 0 unspecified atom stereocenters. The average Bonchev–Trinajstić information content (AvgIpc) is 2.78. The molecule has 0 bridgehead atoms. The molecule has 0 saturated carbocycles. The maximum absolute atomic E-state index is 12.8. The van der Waals surface area contributed by atoms with Gasteiger partial charge in [0.1, 0.15) is 0 Å². The topological polar surface area (TPSA) is 79.2 Å². The predicted octanol–water partition coefficient (Wildman–Crippen LogP) is 3.78. The molecule has 3 aromatic carbocycles. The van der Waals surface area contributed by atoms with Gasteiger partial charge in [0.2, 0.25) is 0 Å². The zero-order chi connectivity index (χ0) is 21.1. The molecule has 0 saturated heterocycles.